The van der Waals surface area contributed by atoms with Crippen LogP contribution in [0.15, 0.2) is 48.5 Å². The van der Waals surface area contributed by atoms with Crippen LogP contribution in [0, 0.1) is 5.41 Å². The highest BCUT2D eigenvalue weighted by Gasteiger charge is 2.42. The largest absolute Gasteiger partial charge is 0.449 e. The van der Waals surface area contributed by atoms with Gasteiger partial charge in [-0.25, -0.2) is 4.79 Å². The maximum Gasteiger partial charge on any atom is 0.404 e. The van der Waals surface area contributed by atoms with Gasteiger partial charge in [0.15, 0.2) is 0 Å². The van der Waals surface area contributed by atoms with Crippen LogP contribution < -0.4 is 0 Å². The second-order valence-electron chi connectivity index (χ2n) is 6.79. The molecule has 3 heteroatoms. The van der Waals surface area contributed by atoms with E-state index in [4.69, 9.17) is 16.3 Å². The highest BCUT2D eigenvalue weighted by atomic mass is 35.5. The summed E-state index contributed by atoms with van der Waals surface area (Å²) in [7, 11) is 0. The van der Waals surface area contributed by atoms with Gasteiger partial charge in [0.05, 0.1) is 0 Å². The molecule has 0 spiro atoms. The second kappa shape index (κ2) is 5.44. The smallest absolute Gasteiger partial charge is 0.404 e. The summed E-state index contributed by atoms with van der Waals surface area (Å²) >= 11 is 5.55. The van der Waals surface area contributed by atoms with Crippen molar-refractivity contribution in [1.29, 1.82) is 0 Å². The van der Waals surface area contributed by atoms with Gasteiger partial charge in [0, 0.05) is 17.5 Å². The minimum absolute atomic E-state index is 0.00935. The number of hydrogen-bond acceptors (Lipinski definition) is 2. The molecule has 0 aliphatic heterocycles. The van der Waals surface area contributed by atoms with E-state index in [1.165, 1.54) is 22.3 Å². The predicted octanol–water partition coefficient (Wildman–Crippen LogP) is 5.59. The molecule has 0 N–H and O–H groups in total. The van der Waals surface area contributed by atoms with E-state index in [1.807, 2.05) is 24.3 Å². The zero-order valence-corrected chi connectivity index (χ0v) is 13.7. The summed E-state index contributed by atoms with van der Waals surface area (Å²) in [5.41, 5.74) is 3.84. The first-order chi connectivity index (χ1) is 10.4. The first kappa shape index (κ1) is 15.1. The normalized spacial score (nSPS) is 15.1. The van der Waals surface area contributed by atoms with E-state index in [2.05, 4.69) is 45.0 Å². The van der Waals surface area contributed by atoms with Crippen molar-refractivity contribution in [2.75, 3.05) is 0 Å². The highest BCUT2D eigenvalue weighted by molar-refractivity contribution is 6.61. The summed E-state index contributed by atoms with van der Waals surface area (Å²) in [4.78, 5) is 11.4. The third kappa shape index (κ3) is 2.52. The molecule has 1 unspecified atom stereocenters. The molecular weight excluding hydrogens is 296 g/mol. The number of benzene rings is 2. The van der Waals surface area contributed by atoms with Crippen LogP contribution in [0.2, 0.25) is 0 Å². The van der Waals surface area contributed by atoms with Crippen molar-refractivity contribution in [3.63, 3.8) is 0 Å². The first-order valence-corrected chi connectivity index (χ1v) is 7.81. The van der Waals surface area contributed by atoms with Gasteiger partial charge in [0.2, 0.25) is 0 Å². The molecule has 2 aromatic carbocycles. The Labute approximate surface area is 136 Å². The lowest BCUT2D eigenvalue weighted by molar-refractivity contribution is 0.0361. The number of fused-ring (bicyclic) bond motifs is 3. The Bertz CT molecular complexity index is 670. The summed E-state index contributed by atoms with van der Waals surface area (Å²) in [6, 6.07) is 16.6. The van der Waals surface area contributed by atoms with Crippen LogP contribution in [0.1, 0.15) is 37.8 Å². The van der Waals surface area contributed by atoms with Gasteiger partial charge >= 0.3 is 5.43 Å². The molecule has 22 heavy (non-hydrogen) atoms. The third-order valence-electron chi connectivity index (χ3n) is 4.26. The fourth-order valence-electron chi connectivity index (χ4n) is 3.37. The molecule has 0 aromatic heterocycles. The fraction of sp³-hybridized carbons (Fsp3) is 0.316. The molecule has 0 amide bonds. The highest BCUT2D eigenvalue weighted by Crippen LogP contribution is 2.50. The maximum atomic E-state index is 11.4. The standard InChI is InChI=1S/C19H19ClO2/c1-19(2,3)17(22-18(20)21)16-14-10-6-4-8-12(14)13-9-5-7-11-15(13)16/h4-11,16-17H,1-3H3. The monoisotopic (exact) mass is 314 g/mol. The van der Waals surface area contributed by atoms with Crippen LogP contribution in [0.4, 0.5) is 4.79 Å². The number of halogens is 1. The zero-order valence-electron chi connectivity index (χ0n) is 13.0. The van der Waals surface area contributed by atoms with Gasteiger partial charge in [-0.3, -0.25) is 0 Å². The van der Waals surface area contributed by atoms with Crippen molar-refractivity contribution in [3.05, 3.63) is 59.7 Å². The van der Waals surface area contributed by atoms with Crippen LogP contribution in [0.3, 0.4) is 0 Å². The van der Waals surface area contributed by atoms with Gasteiger partial charge in [0.1, 0.15) is 6.10 Å². The molecule has 1 aliphatic carbocycles. The topological polar surface area (TPSA) is 26.3 Å². The molecule has 3 rings (SSSR count). The van der Waals surface area contributed by atoms with Gasteiger partial charge in [-0.05, 0) is 27.7 Å². The van der Waals surface area contributed by atoms with Gasteiger partial charge in [0.25, 0.3) is 0 Å². The molecule has 1 aliphatic rings. The maximum absolute atomic E-state index is 11.4. The lowest BCUT2D eigenvalue weighted by Crippen LogP contribution is -2.35. The van der Waals surface area contributed by atoms with Crippen molar-refractivity contribution in [2.45, 2.75) is 32.8 Å². The lowest BCUT2D eigenvalue weighted by atomic mass is 9.77. The van der Waals surface area contributed by atoms with Crippen LogP contribution >= 0.6 is 11.6 Å². The summed E-state index contributed by atoms with van der Waals surface area (Å²) in [5.74, 6) is 0.00935. The second-order valence-corrected chi connectivity index (χ2v) is 7.10. The number of carbonyl (C=O) groups excluding carboxylic acids is 1. The Kier molecular flexibility index (Phi) is 3.73. The van der Waals surface area contributed by atoms with E-state index >= 15 is 0 Å². The molecule has 114 valence electrons. The van der Waals surface area contributed by atoms with E-state index in [1.54, 1.807) is 0 Å². The van der Waals surface area contributed by atoms with Gasteiger partial charge < -0.3 is 4.74 Å². The van der Waals surface area contributed by atoms with Crippen molar-refractivity contribution in [3.8, 4) is 11.1 Å². The fourth-order valence-corrected chi connectivity index (χ4v) is 3.46. The summed E-state index contributed by atoms with van der Waals surface area (Å²) in [6.07, 6.45) is -0.317. The summed E-state index contributed by atoms with van der Waals surface area (Å²) in [6.45, 7) is 6.21. The molecule has 2 nitrogen and oxygen atoms in total. The SMILES string of the molecule is CC(C)(C)C(OC(=O)Cl)C1c2ccccc2-c2ccccc21. The van der Waals surface area contributed by atoms with E-state index < -0.39 is 5.43 Å². The number of hydrogen-bond donors (Lipinski definition) is 0. The average Bonchev–Trinajstić information content (AvgIpc) is 2.78. The van der Waals surface area contributed by atoms with Crippen LogP contribution in [0.25, 0.3) is 11.1 Å². The van der Waals surface area contributed by atoms with Crippen molar-refractivity contribution in [2.24, 2.45) is 5.41 Å². The summed E-state index contributed by atoms with van der Waals surface area (Å²) < 4.78 is 5.54. The summed E-state index contributed by atoms with van der Waals surface area (Å²) in [5, 5.41) is 0. The zero-order chi connectivity index (χ0) is 15.9. The Hall–Kier alpha value is -1.80. The Balaban J connectivity index is 2.18. The third-order valence-corrected chi connectivity index (χ3v) is 4.35. The molecule has 0 fully saturated rings. The van der Waals surface area contributed by atoms with Crippen LogP contribution in [0.5, 0.6) is 0 Å². The number of rotatable bonds is 2. The minimum atomic E-state index is -0.748. The van der Waals surface area contributed by atoms with Crippen molar-refractivity contribution in [1.82, 2.24) is 0 Å². The van der Waals surface area contributed by atoms with Crippen LogP contribution in [-0.4, -0.2) is 11.5 Å². The quantitative estimate of drug-likeness (QED) is 0.675. The van der Waals surface area contributed by atoms with Gasteiger partial charge in [-0.2, -0.15) is 0 Å². The molecular formula is C19H19ClO2. The van der Waals surface area contributed by atoms with E-state index in [0.29, 0.717) is 0 Å². The van der Waals surface area contributed by atoms with Gasteiger partial charge in [-0.1, -0.05) is 69.3 Å². The molecule has 0 radical (unpaired) electrons. The van der Waals surface area contributed by atoms with Gasteiger partial charge in [-0.15, -0.1) is 0 Å². The molecule has 0 bridgehead atoms. The average molecular weight is 315 g/mol. The molecule has 0 saturated carbocycles. The van der Waals surface area contributed by atoms with E-state index in [0.717, 1.165) is 0 Å². The van der Waals surface area contributed by atoms with Crippen LogP contribution in [-0.2, 0) is 4.74 Å². The number of ether oxygens (including phenoxy) is 1. The lowest BCUT2D eigenvalue weighted by Gasteiger charge is -2.35. The molecule has 1 atom stereocenters. The Morgan fingerprint density at radius 3 is 1.86 bits per heavy atom. The minimum Gasteiger partial charge on any atom is -0.449 e. The van der Waals surface area contributed by atoms with Crippen molar-refractivity contribution >= 4 is 17.0 Å². The first-order valence-electron chi connectivity index (χ1n) is 7.44. The predicted molar refractivity (Wildman–Crippen MR) is 89.3 cm³/mol. The van der Waals surface area contributed by atoms with Crippen molar-refractivity contribution < 1.29 is 9.53 Å². The van der Waals surface area contributed by atoms with E-state index in [-0.39, 0.29) is 17.4 Å². The Morgan fingerprint density at radius 1 is 1.00 bits per heavy atom. The molecule has 2 aromatic rings. The molecule has 0 heterocycles. The Morgan fingerprint density at radius 2 is 1.45 bits per heavy atom. The molecule has 0 saturated heterocycles. The number of carbonyl (C=O) groups is 1. The van der Waals surface area contributed by atoms with E-state index in [9.17, 15) is 4.79 Å².